The number of hydrogen-bond donors (Lipinski definition) is 0. The van der Waals surface area contributed by atoms with E-state index in [9.17, 15) is 8.42 Å². The first-order valence-electron chi connectivity index (χ1n) is 6.00. The maximum Gasteiger partial charge on any atom is 0.211 e. The van der Waals surface area contributed by atoms with Crippen molar-refractivity contribution in [3.05, 3.63) is 35.9 Å². The summed E-state index contributed by atoms with van der Waals surface area (Å²) in [4.78, 5) is 0. The minimum atomic E-state index is -3.12. The highest BCUT2D eigenvalue weighted by Gasteiger charge is 2.32. The monoisotopic (exact) mass is 253 g/mol. The molecule has 2 unspecified atom stereocenters. The van der Waals surface area contributed by atoms with Gasteiger partial charge >= 0.3 is 0 Å². The predicted molar refractivity (Wildman–Crippen MR) is 69.1 cm³/mol. The normalized spacial score (nSPS) is 26.9. The topological polar surface area (TPSA) is 37.4 Å². The van der Waals surface area contributed by atoms with Gasteiger partial charge in [-0.15, -0.1) is 0 Å². The molecule has 1 aliphatic rings. The van der Waals surface area contributed by atoms with Crippen molar-refractivity contribution in [2.24, 2.45) is 5.92 Å². The van der Waals surface area contributed by atoms with Gasteiger partial charge in [0.25, 0.3) is 0 Å². The van der Waals surface area contributed by atoms with Gasteiger partial charge in [-0.1, -0.05) is 37.3 Å². The first-order chi connectivity index (χ1) is 7.98. The molecular weight excluding hydrogens is 234 g/mol. The summed E-state index contributed by atoms with van der Waals surface area (Å²) in [5.74, 6) is 0.449. The molecule has 0 aromatic heterocycles. The third-order valence-corrected chi connectivity index (χ3v) is 4.64. The first kappa shape index (κ1) is 12.6. The van der Waals surface area contributed by atoms with E-state index in [2.05, 4.69) is 6.92 Å². The Bertz CT molecular complexity index is 469. The van der Waals surface area contributed by atoms with Crippen molar-refractivity contribution in [2.45, 2.75) is 25.8 Å². The smallest absolute Gasteiger partial charge is 0.211 e. The quantitative estimate of drug-likeness (QED) is 0.811. The van der Waals surface area contributed by atoms with Crippen LogP contribution in [0.5, 0.6) is 0 Å². The van der Waals surface area contributed by atoms with Crippen LogP contribution >= 0.6 is 0 Å². The number of hydrogen-bond acceptors (Lipinski definition) is 2. The molecule has 3 nitrogen and oxygen atoms in total. The van der Waals surface area contributed by atoms with Gasteiger partial charge in [0.1, 0.15) is 0 Å². The molecule has 1 saturated heterocycles. The van der Waals surface area contributed by atoms with Crippen LogP contribution < -0.4 is 0 Å². The summed E-state index contributed by atoms with van der Waals surface area (Å²) in [5, 5.41) is 0. The van der Waals surface area contributed by atoms with E-state index in [-0.39, 0.29) is 6.04 Å². The maximum absolute atomic E-state index is 11.8. The van der Waals surface area contributed by atoms with Gasteiger partial charge < -0.3 is 0 Å². The highest BCUT2D eigenvalue weighted by Crippen LogP contribution is 2.34. The van der Waals surface area contributed by atoms with Crippen LogP contribution in [0.2, 0.25) is 0 Å². The summed E-state index contributed by atoms with van der Waals surface area (Å²) < 4.78 is 25.3. The molecule has 1 aromatic carbocycles. The van der Waals surface area contributed by atoms with Crippen LogP contribution in [0.15, 0.2) is 30.3 Å². The Hall–Kier alpha value is -0.870. The summed E-state index contributed by atoms with van der Waals surface area (Å²) in [6.07, 6.45) is 3.31. The molecule has 0 saturated carbocycles. The number of sulfonamides is 1. The Morgan fingerprint density at radius 2 is 1.82 bits per heavy atom. The lowest BCUT2D eigenvalue weighted by molar-refractivity contribution is 0.208. The van der Waals surface area contributed by atoms with Gasteiger partial charge in [-0.25, -0.2) is 8.42 Å². The highest BCUT2D eigenvalue weighted by atomic mass is 32.2. The molecule has 17 heavy (non-hydrogen) atoms. The van der Waals surface area contributed by atoms with Crippen LogP contribution in [0.4, 0.5) is 0 Å². The lowest BCUT2D eigenvalue weighted by atomic mass is 9.92. The lowest BCUT2D eigenvalue weighted by Crippen LogP contribution is -2.40. The highest BCUT2D eigenvalue weighted by molar-refractivity contribution is 7.88. The molecular formula is C13H19NO2S. The van der Waals surface area contributed by atoms with Crippen LogP contribution in [-0.4, -0.2) is 25.5 Å². The fourth-order valence-electron chi connectivity index (χ4n) is 2.49. The Morgan fingerprint density at radius 1 is 1.18 bits per heavy atom. The van der Waals surface area contributed by atoms with Crippen molar-refractivity contribution in [3.8, 4) is 0 Å². The van der Waals surface area contributed by atoms with E-state index >= 15 is 0 Å². The van der Waals surface area contributed by atoms with Crippen molar-refractivity contribution in [3.63, 3.8) is 0 Å². The van der Waals surface area contributed by atoms with Crippen molar-refractivity contribution in [1.29, 1.82) is 0 Å². The molecule has 1 heterocycles. The molecule has 0 radical (unpaired) electrons. The number of nitrogens with zero attached hydrogens (tertiary/aromatic N) is 1. The van der Waals surface area contributed by atoms with Crippen LogP contribution in [0.25, 0.3) is 0 Å². The van der Waals surface area contributed by atoms with Gasteiger partial charge in [-0.3, -0.25) is 0 Å². The molecule has 2 atom stereocenters. The molecule has 2 rings (SSSR count). The molecule has 0 spiro atoms. The van der Waals surface area contributed by atoms with E-state index in [0.29, 0.717) is 12.5 Å². The average Bonchev–Trinajstić information content (AvgIpc) is 2.29. The molecule has 1 aliphatic heterocycles. The zero-order valence-electron chi connectivity index (χ0n) is 10.3. The largest absolute Gasteiger partial charge is 0.212 e. The second kappa shape index (κ2) is 4.78. The Balaban J connectivity index is 2.32. The zero-order chi connectivity index (χ0) is 12.5. The van der Waals surface area contributed by atoms with E-state index in [1.165, 1.54) is 6.26 Å². The van der Waals surface area contributed by atoms with E-state index < -0.39 is 10.0 Å². The van der Waals surface area contributed by atoms with Crippen molar-refractivity contribution < 1.29 is 8.42 Å². The van der Waals surface area contributed by atoms with Crippen LogP contribution in [0.1, 0.15) is 31.4 Å². The van der Waals surface area contributed by atoms with Crippen LogP contribution in [-0.2, 0) is 10.0 Å². The molecule has 0 amide bonds. The van der Waals surface area contributed by atoms with Gasteiger partial charge in [0.05, 0.1) is 6.26 Å². The van der Waals surface area contributed by atoms with Crippen LogP contribution in [0, 0.1) is 5.92 Å². The second-order valence-corrected chi connectivity index (χ2v) is 6.88. The van der Waals surface area contributed by atoms with E-state index in [4.69, 9.17) is 0 Å². The molecule has 0 N–H and O–H groups in total. The molecule has 0 aliphatic carbocycles. The summed E-state index contributed by atoms with van der Waals surface area (Å²) in [6, 6.07) is 9.93. The van der Waals surface area contributed by atoms with Gasteiger partial charge in [0, 0.05) is 12.6 Å². The second-order valence-electron chi connectivity index (χ2n) is 4.94. The van der Waals surface area contributed by atoms with Crippen molar-refractivity contribution >= 4 is 10.0 Å². The lowest BCUT2D eigenvalue weighted by Gasteiger charge is -2.37. The maximum atomic E-state index is 11.8. The first-order valence-corrected chi connectivity index (χ1v) is 7.85. The fourth-order valence-corrected chi connectivity index (χ4v) is 3.70. The third-order valence-electron chi connectivity index (χ3n) is 3.38. The van der Waals surface area contributed by atoms with Crippen molar-refractivity contribution in [2.75, 3.05) is 12.8 Å². The Kier molecular flexibility index (Phi) is 3.54. The average molecular weight is 253 g/mol. The molecule has 1 aromatic rings. The van der Waals surface area contributed by atoms with Crippen LogP contribution in [0.3, 0.4) is 0 Å². The SMILES string of the molecule is CC1CCC(c2ccccc2)N(S(C)(=O)=O)C1. The summed E-state index contributed by atoms with van der Waals surface area (Å²) in [5.41, 5.74) is 1.10. The minimum absolute atomic E-state index is 0.0161. The minimum Gasteiger partial charge on any atom is -0.212 e. The summed E-state index contributed by atoms with van der Waals surface area (Å²) >= 11 is 0. The van der Waals surface area contributed by atoms with E-state index in [0.717, 1.165) is 18.4 Å². The van der Waals surface area contributed by atoms with Crippen molar-refractivity contribution in [1.82, 2.24) is 4.31 Å². The number of benzene rings is 1. The number of piperidine rings is 1. The van der Waals surface area contributed by atoms with E-state index in [1.807, 2.05) is 30.3 Å². The Labute approximate surface area is 104 Å². The standard InChI is InChI=1S/C13H19NO2S/c1-11-8-9-13(12-6-4-3-5-7-12)14(10-11)17(2,15)16/h3-7,11,13H,8-10H2,1-2H3. The predicted octanol–water partition coefficient (Wildman–Crippen LogP) is 2.42. The van der Waals surface area contributed by atoms with E-state index in [1.54, 1.807) is 4.31 Å². The molecule has 4 heteroatoms. The van der Waals surface area contributed by atoms with Gasteiger partial charge in [0.2, 0.25) is 10.0 Å². The van der Waals surface area contributed by atoms with Gasteiger partial charge in [-0.2, -0.15) is 4.31 Å². The molecule has 0 bridgehead atoms. The summed E-state index contributed by atoms with van der Waals surface area (Å²) in [7, 11) is -3.12. The number of rotatable bonds is 2. The summed E-state index contributed by atoms with van der Waals surface area (Å²) in [6.45, 7) is 2.75. The molecule has 1 fully saturated rings. The van der Waals surface area contributed by atoms with Gasteiger partial charge in [0.15, 0.2) is 0 Å². The third kappa shape index (κ3) is 2.87. The molecule has 94 valence electrons. The fraction of sp³-hybridized carbons (Fsp3) is 0.538. The Morgan fingerprint density at radius 3 is 2.41 bits per heavy atom. The zero-order valence-corrected chi connectivity index (χ0v) is 11.2. The van der Waals surface area contributed by atoms with Gasteiger partial charge in [-0.05, 0) is 24.3 Å².